The van der Waals surface area contributed by atoms with Gasteiger partial charge in [0, 0.05) is 6.54 Å². The predicted molar refractivity (Wildman–Crippen MR) is 110 cm³/mol. The van der Waals surface area contributed by atoms with Crippen LogP contribution in [0.15, 0.2) is 48.5 Å². The lowest BCUT2D eigenvalue weighted by molar-refractivity contribution is -0.120. The molecule has 0 saturated heterocycles. The minimum Gasteiger partial charge on any atom is -0.493 e. The molecule has 0 bridgehead atoms. The van der Waals surface area contributed by atoms with Gasteiger partial charge in [-0.1, -0.05) is 24.3 Å². The molecule has 0 unspecified atom stereocenters. The summed E-state index contributed by atoms with van der Waals surface area (Å²) >= 11 is 0. The number of carbonyl (C=O) groups excluding carboxylic acids is 1. The zero-order chi connectivity index (χ0) is 20.2. The van der Waals surface area contributed by atoms with Gasteiger partial charge in [-0.15, -0.1) is 0 Å². The summed E-state index contributed by atoms with van der Waals surface area (Å²) in [6.07, 6.45) is 1.05. The lowest BCUT2D eigenvalue weighted by atomic mass is 10.0. The van der Waals surface area contributed by atoms with Gasteiger partial charge in [-0.2, -0.15) is 0 Å². The summed E-state index contributed by atoms with van der Waals surface area (Å²) in [5, 5.41) is 5.07. The van der Waals surface area contributed by atoms with Crippen molar-refractivity contribution >= 4 is 16.7 Å². The molecule has 0 spiro atoms. The van der Waals surface area contributed by atoms with Crippen molar-refractivity contribution in [2.75, 3.05) is 27.6 Å². The SMILES string of the molecule is COc1ccc(CCNC(=O)Cc2ccc3cc4c(cc3c2)OCO4)cc1OC. The van der Waals surface area contributed by atoms with Crippen LogP contribution < -0.4 is 24.3 Å². The van der Waals surface area contributed by atoms with E-state index in [1.807, 2.05) is 48.5 Å². The van der Waals surface area contributed by atoms with Gasteiger partial charge in [0.05, 0.1) is 20.6 Å². The number of rotatable bonds is 7. The largest absolute Gasteiger partial charge is 0.493 e. The molecule has 6 heteroatoms. The van der Waals surface area contributed by atoms with Crippen LogP contribution in [0.2, 0.25) is 0 Å². The van der Waals surface area contributed by atoms with Crippen LogP contribution in [0.3, 0.4) is 0 Å². The molecule has 0 radical (unpaired) electrons. The molecule has 3 aromatic carbocycles. The number of hydrogen-bond donors (Lipinski definition) is 1. The Morgan fingerprint density at radius 2 is 1.62 bits per heavy atom. The van der Waals surface area contributed by atoms with E-state index in [0.717, 1.165) is 33.4 Å². The highest BCUT2D eigenvalue weighted by Gasteiger charge is 2.14. The van der Waals surface area contributed by atoms with Gasteiger partial charge in [0.1, 0.15) is 0 Å². The van der Waals surface area contributed by atoms with Crippen LogP contribution in [-0.4, -0.2) is 33.5 Å². The van der Waals surface area contributed by atoms with Gasteiger partial charge >= 0.3 is 0 Å². The van der Waals surface area contributed by atoms with Gasteiger partial charge in [0.2, 0.25) is 12.7 Å². The fourth-order valence-electron chi connectivity index (χ4n) is 3.43. The lowest BCUT2D eigenvalue weighted by Crippen LogP contribution is -2.27. The van der Waals surface area contributed by atoms with Crippen molar-refractivity contribution in [1.82, 2.24) is 5.32 Å². The molecular formula is C23H23NO5. The highest BCUT2D eigenvalue weighted by molar-refractivity contribution is 5.88. The molecule has 1 N–H and O–H groups in total. The first-order valence-corrected chi connectivity index (χ1v) is 9.46. The summed E-state index contributed by atoms with van der Waals surface area (Å²) in [6.45, 7) is 0.807. The summed E-state index contributed by atoms with van der Waals surface area (Å²) < 4.78 is 21.4. The number of fused-ring (bicyclic) bond motifs is 2. The van der Waals surface area contributed by atoms with E-state index in [4.69, 9.17) is 18.9 Å². The van der Waals surface area contributed by atoms with Gasteiger partial charge in [-0.05, 0) is 52.6 Å². The van der Waals surface area contributed by atoms with E-state index in [1.165, 1.54) is 0 Å². The van der Waals surface area contributed by atoms with Crippen LogP contribution in [-0.2, 0) is 17.6 Å². The summed E-state index contributed by atoms with van der Waals surface area (Å²) in [5.41, 5.74) is 2.03. The van der Waals surface area contributed by atoms with Gasteiger partial charge in [-0.3, -0.25) is 4.79 Å². The van der Waals surface area contributed by atoms with E-state index in [1.54, 1.807) is 14.2 Å². The number of amides is 1. The third-order valence-corrected chi connectivity index (χ3v) is 4.94. The predicted octanol–water partition coefficient (Wildman–Crippen LogP) is 3.49. The van der Waals surface area contributed by atoms with Crippen LogP contribution >= 0.6 is 0 Å². The number of methoxy groups -OCH3 is 2. The Hall–Kier alpha value is -3.41. The van der Waals surface area contributed by atoms with Crippen LogP contribution in [0.1, 0.15) is 11.1 Å². The molecule has 3 aromatic rings. The molecule has 1 aliphatic rings. The second-order valence-electron chi connectivity index (χ2n) is 6.85. The van der Waals surface area contributed by atoms with E-state index in [0.29, 0.717) is 30.9 Å². The highest BCUT2D eigenvalue weighted by atomic mass is 16.7. The van der Waals surface area contributed by atoms with Crippen LogP contribution in [0.4, 0.5) is 0 Å². The van der Waals surface area contributed by atoms with E-state index in [-0.39, 0.29) is 12.7 Å². The second-order valence-corrected chi connectivity index (χ2v) is 6.85. The van der Waals surface area contributed by atoms with Crippen LogP contribution in [0, 0.1) is 0 Å². The Kier molecular flexibility index (Phi) is 5.42. The monoisotopic (exact) mass is 393 g/mol. The molecule has 0 fully saturated rings. The second kappa shape index (κ2) is 8.31. The average molecular weight is 393 g/mol. The molecule has 0 saturated carbocycles. The Morgan fingerprint density at radius 1 is 0.897 bits per heavy atom. The fraction of sp³-hybridized carbons (Fsp3) is 0.261. The Labute approximate surface area is 169 Å². The molecule has 6 nitrogen and oxygen atoms in total. The first kappa shape index (κ1) is 18.9. The Balaban J connectivity index is 1.34. The van der Waals surface area contributed by atoms with Crippen molar-refractivity contribution in [3.63, 3.8) is 0 Å². The molecule has 150 valence electrons. The fourth-order valence-corrected chi connectivity index (χ4v) is 3.43. The molecule has 0 aromatic heterocycles. The maximum Gasteiger partial charge on any atom is 0.231 e. The number of nitrogens with one attached hydrogen (secondary N) is 1. The molecule has 29 heavy (non-hydrogen) atoms. The molecular weight excluding hydrogens is 370 g/mol. The van der Waals surface area contributed by atoms with Crippen molar-refractivity contribution in [3.05, 3.63) is 59.7 Å². The standard InChI is InChI=1S/C23H23NO5/c1-26-19-6-4-15(10-20(19)27-2)7-8-24-23(25)11-16-3-5-17-12-21-22(29-14-28-21)13-18(17)9-16/h3-6,9-10,12-13H,7-8,11,14H2,1-2H3,(H,24,25). The summed E-state index contributed by atoms with van der Waals surface area (Å²) in [6, 6.07) is 15.7. The Bertz CT molecular complexity index is 1050. The average Bonchev–Trinajstić information content (AvgIpc) is 3.19. The van der Waals surface area contributed by atoms with Gasteiger partial charge in [-0.25, -0.2) is 0 Å². The van der Waals surface area contributed by atoms with E-state index < -0.39 is 0 Å². The third kappa shape index (κ3) is 4.21. The van der Waals surface area contributed by atoms with Crippen molar-refractivity contribution in [2.24, 2.45) is 0 Å². The minimum absolute atomic E-state index is 0.00873. The molecule has 1 aliphatic heterocycles. The Morgan fingerprint density at radius 3 is 2.38 bits per heavy atom. The molecule has 0 aliphatic carbocycles. The molecule has 4 rings (SSSR count). The summed E-state index contributed by atoms with van der Waals surface area (Å²) in [4.78, 5) is 12.3. The van der Waals surface area contributed by atoms with Crippen molar-refractivity contribution in [3.8, 4) is 23.0 Å². The summed E-state index contributed by atoms with van der Waals surface area (Å²) in [5.74, 6) is 2.88. The third-order valence-electron chi connectivity index (χ3n) is 4.94. The number of ether oxygens (including phenoxy) is 4. The van der Waals surface area contributed by atoms with Gasteiger partial charge in [0.15, 0.2) is 23.0 Å². The molecule has 1 amide bonds. The van der Waals surface area contributed by atoms with E-state index in [2.05, 4.69) is 5.32 Å². The zero-order valence-electron chi connectivity index (χ0n) is 16.5. The number of benzene rings is 3. The topological polar surface area (TPSA) is 66.0 Å². The zero-order valence-corrected chi connectivity index (χ0v) is 16.5. The van der Waals surface area contributed by atoms with E-state index >= 15 is 0 Å². The maximum absolute atomic E-state index is 12.3. The van der Waals surface area contributed by atoms with Crippen molar-refractivity contribution in [1.29, 1.82) is 0 Å². The quantitative estimate of drug-likeness (QED) is 0.666. The first-order chi connectivity index (χ1) is 14.2. The minimum atomic E-state index is -0.00873. The maximum atomic E-state index is 12.3. The smallest absolute Gasteiger partial charge is 0.231 e. The molecule has 1 heterocycles. The number of hydrogen-bond acceptors (Lipinski definition) is 5. The van der Waals surface area contributed by atoms with Gasteiger partial charge < -0.3 is 24.3 Å². The normalized spacial score (nSPS) is 12.1. The number of carbonyl (C=O) groups is 1. The summed E-state index contributed by atoms with van der Waals surface area (Å²) in [7, 11) is 3.22. The highest BCUT2D eigenvalue weighted by Crippen LogP contribution is 2.36. The van der Waals surface area contributed by atoms with Gasteiger partial charge in [0.25, 0.3) is 0 Å². The van der Waals surface area contributed by atoms with Crippen molar-refractivity contribution in [2.45, 2.75) is 12.8 Å². The van der Waals surface area contributed by atoms with Crippen LogP contribution in [0.25, 0.3) is 10.8 Å². The van der Waals surface area contributed by atoms with Crippen molar-refractivity contribution < 1.29 is 23.7 Å². The molecule has 0 atom stereocenters. The lowest BCUT2D eigenvalue weighted by Gasteiger charge is -2.10. The first-order valence-electron chi connectivity index (χ1n) is 9.46. The van der Waals surface area contributed by atoms with Crippen LogP contribution in [0.5, 0.6) is 23.0 Å². The van der Waals surface area contributed by atoms with E-state index in [9.17, 15) is 4.79 Å².